The zero-order valence-corrected chi connectivity index (χ0v) is 8.88. The average Bonchev–Trinajstić information content (AvgIpc) is 2.29. The largest absolute Gasteiger partial charge is 0.379 e. The number of hydrogen-bond donors (Lipinski definition) is 1. The fourth-order valence-electron chi connectivity index (χ4n) is 1.37. The minimum Gasteiger partial charge on any atom is -0.379 e. The molecule has 3 nitrogen and oxygen atoms in total. The monoisotopic (exact) mass is 187 g/mol. The molecule has 3 heteroatoms. The molecule has 1 rings (SSSR count). The summed E-state index contributed by atoms with van der Waals surface area (Å²) in [5, 5.41) is 3.45. The lowest BCUT2D eigenvalue weighted by atomic mass is 10.1. The highest BCUT2D eigenvalue weighted by atomic mass is 16.5. The fourth-order valence-corrected chi connectivity index (χ4v) is 1.37. The molecule has 3 unspecified atom stereocenters. The summed E-state index contributed by atoms with van der Waals surface area (Å²) in [4.78, 5) is 0. The number of hydrogen-bond acceptors (Lipinski definition) is 3. The molecule has 0 amide bonds. The SMILES string of the molecule is CCOCC1CNC(C)C(C)CO1. The van der Waals surface area contributed by atoms with E-state index in [0.717, 1.165) is 19.8 Å². The lowest BCUT2D eigenvalue weighted by molar-refractivity contribution is -0.0119. The average molecular weight is 187 g/mol. The summed E-state index contributed by atoms with van der Waals surface area (Å²) in [5.74, 6) is 0.589. The van der Waals surface area contributed by atoms with Gasteiger partial charge < -0.3 is 14.8 Å². The van der Waals surface area contributed by atoms with E-state index in [1.807, 2.05) is 6.92 Å². The molecule has 13 heavy (non-hydrogen) atoms. The van der Waals surface area contributed by atoms with Crippen LogP contribution in [0.25, 0.3) is 0 Å². The first-order valence-electron chi connectivity index (χ1n) is 5.16. The Morgan fingerprint density at radius 3 is 2.92 bits per heavy atom. The van der Waals surface area contributed by atoms with Gasteiger partial charge in [-0.3, -0.25) is 0 Å². The van der Waals surface area contributed by atoms with Gasteiger partial charge in [-0.05, 0) is 19.8 Å². The lowest BCUT2D eigenvalue weighted by Crippen LogP contribution is -2.35. The molecular weight excluding hydrogens is 166 g/mol. The van der Waals surface area contributed by atoms with Gasteiger partial charge in [-0.25, -0.2) is 0 Å². The maximum Gasteiger partial charge on any atom is 0.0932 e. The summed E-state index contributed by atoms with van der Waals surface area (Å²) in [7, 11) is 0. The molecule has 1 heterocycles. The van der Waals surface area contributed by atoms with Crippen molar-refractivity contribution in [2.24, 2.45) is 5.92 Å². The Morgan fingerprint density at radius 2 is 2.23 bits per heavy atom. The molecule has 1 aliphatic heterocycles. The molecule has 0 aromatic carbocycles. The van der Waals surface area contributed by atoms with Crippen molar-refractivity contribution < 1.29 is 9.47 Å². The van der Waals surface area contributed by atoms with Gasteiger partial charge in [0, 0.05) is 19.2 Å². The van der Waals surface area contributed by atoms with Crippen molar-refractivity contribution in [3.8, 4) is 0 Å². The molecule has 0 aromatic heterocycles. The Hall–Kier alpha value is -0.120. The third kappa shape index (κ3) is 3.63. The molecule has 0 aliphatic carbocycles. The zero-order chi connectivity index (χ0) is 9.68. The first-order chi connectivity index (χ1) is 6.24. The number of rotatable bonds is 3. The van der Waals surface area contributed by atoms with Crippen molar-refractivity contribution in [3.63, 3.8) is 0 Å². The van der Waals surface area contributed by atoms with Crippen LogP contribution in [0.2, 0.25) is 0 Å². The molecule has 0 spiro atoms. The third-order valence-electron chi connectivity index (χ3n) is 2.62. The lowest BCUT2D eigenvalue weighted by Gasteiger charge is -2.15. The summed E-state index contributed by atoms with van der Waals surface area (Å²) >= 11 is 0. The molecule has 0 aromatic rings. The minimum absolute atomic E-state index is 0.229. The maximum absolute atomic E-state index is 5.70. The molecule has 1 saturated heterocycles. The highest BCUT2D eigenvalue weighted by Gasteiger charge is 2.20. The van der Waals surface area contributed by atoms with Gasteiger partial charge in [0.15, 0.2) is 0 Å². The maximum atomic E-state index is 5.70. The van der Waals surface area contributed by atoms with E-state index in [2.05, 4.69) is 19.2 Å². The summed E-state index contributed by atoms with van der Waals surface area (Å²) in [6, 6.07) is 0.548. The molecule has 0 saturated carbocycles. The van der Waals surface area contributed by atoms with Crippen LogP contribution in [-0.4, -0.2) is 38.5 Å². The van der Waals surface area contributed by atoms with Crippen LogP contribution in [0.3, 0.4) is 0 Å². The van der Waals surface area contributed by atoms with Crippen LogP contribution in [0.15, 0.2) is 0 Å². The summed E-state index contributed by atoms with van der Waals surface area (Å²) in [5.41, 5.74) is 0. The molecular formula is C10H21NO2. The highest BCUT2D eigenvalue weighted by molar-refractivity contribution is 4.75. The van der Waals surface area contributed by atoms with E-state index in [9.17, 15) is 0 Å². The Balaban J connectivity index is 2.27. The van der Waals surface area contributed by atoms with Gasteiger partial charge in [0.2, 0.25) is 0 Å². The molecule has 0 radical (unpaired) electrons. The van der Waals surface area contributed by atoms with E-state index < -0.39 is 0 Å². The zero-order valence-electron chi connectivity index (χ0n) is 8.88. The van der Waals surface area contributed by atoms with Crippen molar-refractivity contribution in [2.75, 3.05) is 26.4 Å². The van der Waals surface area contributed by atoms with Gasteiger partial charge in [0.25, 0.3) is 0 Å². The number of nitrogens with one attached hydrogen (secondary N) is 1. The summed E-state index contributed by atoms with van der Waals surface area (Å²) in [6.07, 6.45) is 0.229. The Morgan fingerprint density at radius 1 is 1.46 bits per heavy atom. The topological polar surface area (TPSA) is 30.5 Å². The van der Waals surface area contributed by atoms with Gasteiger partial charge >= 0.3 is 0 Å². The van der Waals surface area contributed by atoms with E-state index in [4.69, 9.17) is 9.47 Å². The highest BCUT2D eigenvalue weighted by Crippen LogP contribution is 2.09. The second-order valence-corrected chi connectivity index (χ2v) is 3.79. The summed E-state index contributed by atoms with van der Waals surface area (Å²) < 4.78 is 11.0. The molecule has 1 fully saturated rings. The summed E-state index contributed by atoms with van der Waals surface area (Å²) in [6.45, 7) is 9.65. The van der Waals surface area contributed by atoms with Gasteiger partial charge in [-0.15, -0.1) is 0 Å². The van der Waals surface area contributed by atoms with E-state index in [1.54, 1.807) is 0 Å². The second kappa shape index (κ2) is 5.58. The van der Waals surface area contributed by atoms with Crippen LogP contribution >= 0.6 is 0 Å². The van der Waals surface area contributed by atoms with Gasteiger partial charge in [-0.1, -0.05) is 6.92 Å². The van der Waals surface area contributed by atoms with E-state index >= 15 is 0 Å². The predicted molar refractivity (Wildman–Crippen MR) is 52.9 cm³/mol. The van der Waals surface area contributed by atoms with E-state index in [0.29, 0.717) is 18.6 Å². The standard InChI is InChI=1S/C10H21NO2/c1-4-12-7-10-5-11-9(3)8(2)6-13-10/h8-11H,4-7H2,1-3H3. The second-order valence-electron chi connectivity index (χ2n) is 3.79. The molecule has 0 bridgehead atoms. The normalized spacial score (nSPS) is 35.8. The molecule has 3 atom stereocenters. The molecule has 1 aliphatic rings. The van der Waals surface area contributed by atoms with Crippen LogP contribution in [0.5, 0.6) is 0 Å². The van der Waals surface area contributed by atoms with Crippen LogP contribution in [0, 0.1) is 5.92 Å². The molecule has 1 N–H and O–H groups in total. The van der Waals surface area contributed by atoms with Gasteiger partial charge in [0.05, 0.1) is 19.3 Å². The fraction of sp³-hybridized carbons (Fsp3) is 1.00. The van der Waals surface area contributed by atoms with Crippen LogP contribution in [0.1, 0.15) is 20.8 Å². The van der Waals surface area contributed by atoms with Crippen LogP contribution in [-0.2, 0) is 9.47 Å². The molecule has 78 valence electrons. The Labute approximate surface area is 80.8 Å². The first kappa shape index (κ1) is 11.0. The van der Waals surface area contributed by atoms with Gasteiger partial charge in [-0.2, -0.15) is 0 Å². The number of ether oxygens (including phenoxy) is 2. The Bertz CT molecular complexity index is 129. The minimum atomic E-state index is 0.229. The van der Waals surface area contributed by atoms with E-state index in [-0.39, 0.29) is 6.10 Å². The van der Waals surface area contributed by atoms with Crippen molar-refractivity contribution in [3.05, 3.63) is 0 Å². The van der Waals surface area contributed by atoms with Crippen LogP contribution in [0.4, 0.5) is 0 Å². The Kier molecular flexibility index (Phi) is 4.70. The van der Waals surface area contributed by atoms with Crippen molar-refractivity contribution in [1.29, 1.82) is 0 Å². The van der Waals surface area contributed by atoms with Crippen LogP contribution < -0.4 is 5.32 Å². The quantitative estimate of drug-likeness (QED) is 0.716. The van der Waals surface area contributed by atoms with Crippen molar-refractivity contribution in [2.45, 2.75) is 32.9 Å². The smallest absolute Gasteiger partial charge is 0.0932 e. The van der Waals surface area contributed by atoms with E-state index in [1.165, 1.54) is 0 Å². The van der Waals surface area contributed by atoms with Gasteiger partial charge in [0.1, 0.15) is 0 Å². The third-order valence-corrected chi connectivity index (χ3v) is 2.62. The first-order valence-corrected chi connectivity index (χ1v) is 5.16. The van der Waals surface area contributed by atoms with Crippen molar-refractivity contribution >= 4 is 0 Å². The van der Waals surface area contributed by atoms with Crippen molar-refractivity contribution in [1.82, 2.24) is 5.32 Å². The predicted octanol–water partition coefficient (Wildman–Crippen LogP) is 1.04.